The lowest BCUT2D eigenvalue weighted by atomic mass is 10.1. The maximum Gasteiger partial charge on any atom is 0.329 e. The lowest BCUT2D eigenvalue weighted by molar-refractivity contribution is -0.139. The average molecular weight is 331 g/mol. The summed E-state index contributed by atoms with van der Waals surface area (Å²) in [5, 5.41) is 6.64. The third kappa shape index (κ3) is 5.68. The van der Waals surface area contributed by atoms with E-state index < -0.39 is 11.8 Å². The van der Waals surface area contributed by atoms with E-state index in [1.54, 1.807) is 0 Å². The van der Waals surface area contributed by atoms with Gasteiger partial charge < -0.3 is 10.1 Å². The molecule has 2 amide bonds. The van der Waals surface area contributed by atoms with Crippen LogP contribution in [0, 0.1) is 0 Å². The van der Waals surface area contributed by atoms with Crippen molar-refractivity contribution in [2.24, 2.45) is 5.10 Å². The maximum atomic E-state index is 11.9. The number of rotatable bonds is 5. The van der Waals surface area contributed by atoms with E-state index in [1.807, 2.05) is 31.2 Å². The summed E-state index contributed by atoms with van der Waals surface area (Å²) < 4.78 is 5.47. The van der Waals surface area contributed by atoms with Crippen molar-refractivity contribution >= 4 is 18.0 Å². The molecule has 24 heavy (non-hydrogen) atoms. The largest absolute Gasteiger partial charge is 0.493 e. The van der Waals surface area contributed by atoms with E-state index in [0.717, 1.165) is 31.2 Å². The number of nitrogens with zero attached hydrogens (tertiary/aromatic N) is 1. The van der Waals surface area contributed by atoms with E-state index in [4.69, 9.17) is 4.74 Å². The van der Waals surface area contributed by atoms with Gasteiger partial charge in [-0.25, -0.2) is 5.43 Å². The van der Waals surface area contributed by atoms with Gasteiger partial charge in [0.05, 0.1) is 12.8 Å². The number of carbonyl (C=O) groups is 2. The summed E-state index contributed by atoms with van der Waals surface area (Å²) in [5.74, 6) is -0.692. The van der Waals surface area contributed by atoms with Crippen LogP contribution in [0.3, 0.4) is 0 Å². The third-order valence-electron chi connectivity index (χ3n) is 3.99. The number of ether oxygens (including phenoxy) is 1. The van der Waals surface area contributed by atoms with E-state index in [1.165, 1.54) is 19.1 Å². The first kappa shape index (κ1) is 18.0. The van der Waals surface area contributed by atoms with Crippen LogP contribution in [-0.2, 0) is 9.59 Å². The summed E-state index contributed by atoms with van der Waals surface area (Å²) in [5.41, 5.74) is 3.01. The Hall–Kier alpha value is -2.37. The van der Waals surface area contributed by atoms with Crippen LogP contribution in [0.25, 0.3) is 0 Å². The van der Waals surface area contributed by atoms with Crippen LogP contribution in [0.2, 0.25) is 0 Å². The molecule has 0 aromatic heterocycles. The van der Waals surface area contributed by atoms with E-state index >= 15 is 0 Å². The van der Waals surface area contributed by atoms with Gasteiger partial charge >= 0.3 is 11.8 Å². The van der Waals surface area contributed by atoms with E-state index in [9.17, 15) is 9.59 Å². The van der Waals surface area contributed by atoms with Crippen LogP contribution in [-0.4, -0.2) is 30.7 Å². The number of amides is 2. The predicted molar refractivity (Wildman–Crippen MR) is 93.0 cm³/mol. The van der Waals surface area contributed by atoms with Gasteiger partial charge in [0, 0.05) is 11.6 Å². The normalized spacial score (nSPS) is 15.7. The van der Waals surface area contributed by atoms with Crippen molar-refractivity contribution in [3.63, 3.8) is 0 Å². The predicted octanol–water partition coefficient (Wildman–Crippen LogP) is 2.37. The summed E-state index contributed by atoms with van der Waals surface area (Å²) in [6, 6.07) is 7.46. The molecule has 0 aliphatic heterocycles. The van der Waals surface area contributed by atoms with Crippen LogP contribution in [0.15, 0.2) is 29.4 Å². The summed E-state index contributed by atoms with van der Waals surface area (Å²) in [6.45, 7) is 2.44. The Morgan fingerprint density at radius 3 is 2.58 bits per heavy atom. The molecule has 0 radical (unpaired) electrons. The first-order valence-corrected chi connectivity index (χ1v) is 8.56. The van der Waals surface area contributed by atoms with Crippen LogP contribution < -0.4 is 15.5 Å². The lowest BCUT2D eigenvalue weighted by Crippen LogP contribution is -2.43. The Kier molecular flexibility index (Phi) is 7.26. The molecule has 6 heteroatoms. The van der Waals surface area contributed by atoms with Gasteiger partial charge in [-0.3, -0.25) is 9.59 Å². The molecule has 2 rings (SSSR count). The standard InChI is InChI=1S/C18H25N3O3/c1-2-24-16-12-8-7-9-14(16)13-19-21-18(23)17(22)20-15-10-5-3-4-6-11-15/h7-9,12-13,15H,2-6,10-11H2,1H3,(H,20,22)(H,21,23)/b19-13-. The minimum atomic E-state index is -0.746. The summed E-state index contributed by atoms with van der Waals surface area (Å²) in [4.78, 5) is 23.7. The minimum absolute atomic E-state index is 0.0911. The maximum absolute atomic E-state index is 11.9. The summed E-state index contributed by atoms with van der Waals surface area (Å²) >= 11 is 0. The fourth-order valence-corrected chi connectivity index (χ4v) is 2.76. The fourth-order valence-electron chi connectivity index (χ4n) is 2.76. The molecule has 0 unspecified atom stereocenters. The monoisotopic (exact) mass is 331 g/mol. The highest BCUT2D eigenvalue weighted by atomic mass is 16.5. The smallest absolute Gasteiger partial charge is 0.329 e. The van der Waals surface area contributed by atoms with Crippen molar-refractivity contribution < 1.29 is 14.3 Å². The first-order valence-electron chi connectivity index (χ1n) is 8.56. The number of nitrogens with one attached hydrogen (secondary N) is 2. The summed E-state index contributed by atoms with van der Waals surface area (Å²) in [7, 11) is 0. The number of hydrogen-bond acceptors (Lipinski definition) is 4. The number of carbonyl (C=O) groups excluding carboxylic acids is 2. The topological polar surface area (TPSA) is 79.8 Å². The van der Waals surface area contributed by atoms with E-state index in [0.29, 0.717) is 12.4 Å². The van der Waals surface area contributed by atoms with Crippen molar-refractivity contribution in [1.29, 1.82) is 0 Å². The molecule has 130 valence electrons. The highest BCUT2D eigenvalue weighted by Crippen LogP contribution is 2.17. The molecule has 1 aromatic rings. The zero-order valence-electron chi connectivity index (χ0n) is 14.1. The SMILES string of the molecule is CCOc1ccccc1/C=N\NC(=O)C(=O)NC1CCCCCC1. The van der Waals surface area contributed by atoms with Crippen molar-refractivity contribution in [3.05, 3.63) is 29.8 Å². The Bertz CT molecular complexity index is 579. The van der Waals surface area contributed by atoms with Crippen molar-refractivity contribution in [2.75, 3.05) is 6.61 Å². The van der Waals surface area contributed by atoms with Gasteiger partial charge in [-0.1, -0.05) is 37.8 Å². The molecule has 0 heterocycles. The number of benzene rings is 1. The zero-order valence-corrected chi connectivity index (χ0v) is 14.1. The van der Waals surface area contributed by atoms with Crippen LogP contribution in [0.4, 0.5) is 0 Å². The second kappa shape index (κ2) is 9.70. The average Bonchev–Trinajstić information content (AvgIpc) is 2.85. The molecular formula is C18H25N3O3. The quantitative estimate of drug-likeness (QED) is 0.376. The second-order valence-corrected chi connectivity index (χ2v) is 5.83. The molecule has 1 aliphatic rings. The van der Waals surface area contributed by atoms with Crippen molar-refractivity contribution in [1.82, 2.24) is 10.7 Å². The van der Waals surface area contributed by atoms with Gasteiger partial charge in [0.2, 0.25) is 0 Å². The Labute approximate surface area is 142 Å². The third-order valence-corrected chi connectivity index (χ3v) is 3.99. The molecule has 0 bridgehead atoms. The number of hydrazone groups is 1. The molecule has 1 fully saturated rings. The highest BCUT2D eigenvalue weighted by Gasteiger charge is 2.19. The molecular weight excluding hydrogens is 306 g/mol. The van der Waals surface area contributed by atoms with Gasteiger partial charge in [0.15, 0.2) is 0 Å². The van der Waals surface area contributed by atoms with Crippen LogP contribution >= 0.6 is 0 Å². The molecule has 0 atom stereocenters. The number of hydrogen-bond donors (Lipinski definition) is 2. The molecule has 1 aromatic carbocycles. The van der Waals surface area contributed by atoms with Crippen LogP contribution in [0.5, 0.6) is 5.75 Å². The summed E-state index contributed by atoms with van der Waals surface area (Å²) in [6.07, 6.45) is 7.93. The Morgan fingerprint density at radius 2 is 1.88 bits per heavy atom. The Morgan fingerprint density at radius 1 is 1.17 bits per heavy atom. The van der Waals surface area contributed by atoms with E-state index in [-0.39, 0.29) is 6.04 Å². The zero-order chi connectivity index (χ0) is 17.2. The number of para-hydroxylation sites is 1. The van der Waals surface area contributed by atoms with Gasteiger partial charge in [0.1, 0.15) is 5.75 Å². The van der Waals surface area contributed by atoms with Gasteiger partial charge in [0.25, 0.3) is 0 Å². The molecule has 2 N–H and O–H groups in total. The van der Waals surface area contributed by atoms with Crippen molar-refractivity contribution in [3.8, 4) is 5.75 Å². The first-order chi connectivity index (χ1) is 11.7. The molecule has 1 saturated carbocycles. The Balaban J connectivity index is 1.84. The molecule has 0 spiro atoms. The van der Waals surface area contributed by atoms with Gasteiger partial charge in [-0.2, -0.15) is 5.10 Å². The van der Waals surface area contributed by atoms with E-state index in [2.05, 4.69) is 15.8 Å². The van der Waals surface area contributed by atoms with Gasteiger partial charge in [-0.15, -0.1) is 0 Å². The highest BCUT2D eigenvalue weighted by molar-refractivity contribution is 6.35. The van der Waals surface area contributed by atoms with Crippen molar-refractivity contribution in [2.45, 2.75) is 51.5 Å². The molecule has 6 nitrogen and oxygen atoms in total. The van der Waals surface area contributed by atoms with Crippen LogP contribution in [0.1, 0.15) is 51.0 Å². The molecule has 0 saturated heterocycles. The lowest BCUT2D eigenvalue weighted by Gasteiger charge is -2.15. The van der Waals surface area contributed by atoms with Gasteiger partial charge in [-0.05, 0) is 31.9 Å². The second-order valence-electron chi connectivity index (χ2n) is 5.83. The molecule has 1 aliphatic carbocycles. The fraction of sp³-hybridized carbons (Fsp3) is 0.500. The minimum Gasteiger partial charge on any atom is -0.493 e.